The summed E-state index contributed by atoms with van der Waals surface area (Å²) in [6, 6.07) is 18.6. The number of piperidine rings is 1. The van der Waals surface area contributed by atoms with Crippen LogP contribution >= 0.6 is 0 Å². The van der Waals surface area contributed by atoms with Crippen molar-refractivity contribution in [3.05, 3.63) is 77.5 Å². The molecule has 4 rings (SSSR count). The first-order valence-electron chi connectivity index (χ1n) is 9.24. The molecule has 0 spiro atoms. The van der Waals surface area contributed by atoms with E-state index in [1.54, 1.807) is 0 Å². The molecule has 2 heterocycles. The van der Waals surface area contributed by atoms with Crippen LogP contribution in [0.5, 0.6) is 0 Å². The van der Waals surface area contributed by atoms with Crippen molar-refractivity contribution in [2.45, 2.75) is 31.9 Å². The van der Waals surface area contributed by atoms with E-state index in [2.05, 4.69) is 46.3 Å². The van der Waals surface area contributed by atoms with E-state index in [0.29, 0.717) is 0 Å². The maximum Gasteiger partial charge on any atom is 0.0921 e. The van der Waals surface area contributed by atoms with Gasteiger partial charge in [-0.1, -0.05) is 60.2 Å². The van der Waals surface area contributed by atoms with E-state index in [0.717, 1.165) is 49.3 Å². The summed E-state index contributed by atoms with van der Waals surface area (Å²) in [4.78, 5) is 2.40. The van der Waals surface area contributed by atoms with Crippen LogP contribution in [0.25, 0.3) is 11.3 Å². The molecule has 0 atom stereocenters. The fraction of sp³-hybridized carbons (Fsp3) is 0.318. The maximum atomic E-state index is 11.1. The minimum Gasteiger partial charge on any atom is -0.385 e. The second-order valence-electron chi connectivity index (χ2n) is 7.31. The molecule has 0 aliphatic carbocycles. The fourth-order valence-corrected chi connectivity index (χ4v) is 3.83. The molecular weight excluding hydrogens is 322 g/mol. The highest BCUT2D eigenvalue weighted by Crippen LogP contribution is 2.34. The zero-order valence-corrected chi connectivity index (χ0v) is 15.2. The van der Waals surface area contributed by atoms with E-state index in [9.17, 15) is 5.11 Å². The molecule has 26 heavy (non-hydrogen) atoms. The monoisotopic (exact) mass is 347 g/mol. The van der Waals surface area contributed by atoms with Gasteiger partial charge in [0.05, 0.1) is 17.5 Å². The second kappa shape index (κ2) is 7.06. The molecule has 4 heteroatoms. The number of aliphatic hydroxyl groups is 1. The quantitative estimate of drug-likeness (QED) is 0.753. The van der Waals surface area contributed by atoms with Crippen molar-refractivity contribution in [1.29, 1.82) is 0 Å². The molecule has 3 aromatic rings. The Morgan fingerprint density at radius 3 is 2.58 bits per heavy atom. The average Bonchev–Trinajstić information content (AvgIpc) is 3.13. The van der Waals surface area contributed by atoms with E-state index in [1.165, 1.54) is 11.1 Å². The van der Waals surface area contributed by atoms with Crippen molar-refractivity contribution < 1.29 is 5.11 Å². The van der Waals surface area contributed by atoms with Gasteiger partial charge in [0.25, 0.3) is 0 Å². The van der Waals surface area contributed by atoms with E-state index in [1.807, 2.05) is 36.5 Å². The molecule has 1 aromatic heterocycles. The molecule has 0 amide bonds. The molecule has 0 radical (unpaired) electrons. The van der Waals surface area contributed by atoms with Crippen molar-refractivity contribution in [2.24, 2.45) is 0 Å². The first-order valence-corrected chi connectivity index (χ1v) is 9.24. The van der Waals surface area contributed by atoms with E-state index in [-0.39, 0.29) is 0 Å². The highest BCUT2D eigenvalue weighted by molar-refractivity contribution is 5.62. The summed E-state index contributed by atoms with van der Waals surface area (Å²) in [5, 5.41) is 18.5. The molecule has 1 aliphatic heterocycles. The number of rotatable bonds is 4. The average molecular weight is 347 g/mol. The van der Waals surface area contributed by atoms with Gasteiger partial charge in [-0.15, -0.1) is 0 Å². The minimum atomic E-state index is -0.707. The molecule has 0 bridgehead atoms. The van der Waals surface area contributed by atoms with E-state index >= 15 is 0 Å². The summed E-state index contributed by atoms with van der Waals surface area (Å²) in [6.07, 6.45) is 3.44. The number of nitrogens with one attached hydrogen (secondary N) is 1. The molecule has 134 valence electrons. The van der Waals surface area contributed by atoms with Crippen molar-refractivity contribution in [3.8, 4) is 11.3 Å². The Bertz CT molecular complexity index is 864. The van der Waals surface area contributed by atoms with Crippen molar-refractivity contribution in [3.63, 3.8) is 0 Å². The summed E-state index contributed by atoms with van der Waals surface area (Å²) in [5.74, 6) is 0. The number of hydrogen-bond donors (Lipinski definition) is 2. The van der Waals surface area contributed by atoms with Crippen molar-refractivity contribution >= 4 is 0 Å². The number of likely N-dealkylation sites (tertiary alicyclic amines) is 1. The van der Waals surface area contributed by atoms with Gasteiger partial charge in [-0.05, 0) is 30.9 Å². The van der Waals surface area contributed by atoms with Gasteiger partial charge in [-0.25, -0.2) is 0 Å². The maximum absolute atomic E-state index is 11.1. The lowest BCUT2D eigenvalue weighted by Gasteiger charge is -2.38. The van der Waals surface area contributed by atoms with Gasteiger partial charge < -0.3 is 5.11 Å². The Hall–Kier alpha value is -2.43. The van der Waals surface area contributed by atoms with Gasteiger partial charge in [-0.2, -0.15) is 5.10 Å². The van der Waals surface area contributed by atoms with Gasteiger partial charge in [0.2, 0.25) is 0 Å². The van der Waals surface area contributed by atoms with Crippen LogP contribution in [0, 0.1) is 6.92 Å². The lowest BCUT2D eigenvalue weighted by Crippen LogP contribution is -2.42. The van der Waals surface area contributed by atoms with Gasteiger partial charge in [0.1, 0.15) is 0 Å². The Morgan fingerprint density at radius 2 is 1.85 bits per heavy atom. The van der Waals surface area contributed by atoms with Gasteiger partial charge in [0, 0.05) is 25.2 Å². The number of nitrogens with zero attached hydrogens (tertiary/aromatic N) is 2. The smallest absolute Gasteiger partial charge is 0.0921 e. The zero-order chi connectivity index (χ0) is 18.0. The molecule has 1 fully saturated rings. The number of aromatic nitrogens is 2. The van der Waals surface area contributed by atoms with Crippen LogP contribution in [-0.4, -0.2) is 33.3 Å². The largest absolute Gasteiger partial charge is 0.385 e. The van der Waals surface area contributed by atoms with Crippen LogP contribution in [-0.2, 0) is 12.1 Å². The highest BCUT2D eigenvalue weighted by Gasteiger charge is 2.34. The van der Waals surface area contributed by atoms with E-state index < -0.39 is 5.60 Å². The predicted molar refractivity (Wildman–Crippen MR) is 104 cm³/mol. The Balaban J connectivity index is 1.45. The topological polar surface area (TPSA) is 52.1 Å². The summed E-state index contributed by atoms with van der Waals surface area (Å²) < 4.78 is 0. The minimum absolute atomic E-state index is 0.707. The zero-order valence-electron chi connectivity index (χ0n) is 15.2. The number of hydrogen-bond acceptors (Lipinski definition) is 3. The Labute approximate surface area is 154 Å². The molecule has 4 nitrogen and oxygen atoms in total. The number of H-pyrrole nitrogens is 1. The first kappa shape index (κ1) is 17.0. The van der Waals surface area contributed by atoms with Crippen LogP contribution in [0.4, 0.5) is 0 Å². The Kier molecular flexibility index (Phi) is 4.62. The van der Waals surface area contributed by atoms with Gasteiger partial charge >= 0.3 is 0 Å². The molecule has 2 aromatic carbocycles. The first-order chi connectivity index (χ1) is 12.6. The third-order valence-electron chi connectivity index (χ3n) is 5.41. The molecule has 1 saturated heterocycles. The fourth-order valence-electron chi connectivity index (χ4n) is 3.83. The number of benzene rings is 2. The summed E-state index contributed by atoms with van der Waals surface area (Å²) in [6.45, 7) is 4.68. The molecule has 2 N–H and O–H groups in total. The van der Waals surface area contributed by atoms with Crippen LogP contribution in [0.1, 0.15) is 29.5 Å². The molecular formula is C22H25N3O. The van der Waals surface area contributed by atoms with Gasteiger partial charge in [0.15, 0.2) is 0 Å². The predicted octanol–water partition coefficient (Wildman–Crippen LogP) is 3.87. The van der Waals surface area contributed by atoms with Crippen LogP contribution < -0.4 is 0 Å². The van der Waals surface area contributed by atoms with Crippen molar-refractivity contribution in [2.75, 3.05) is 13.1 Å². The van der Waals surface area contributed by atoms with E-state index in [4.69, 9.17) is 0 Å². The lowest BCUT2D eigenvalue weighted by molar-refractivity contribution is -0.0277. The summed E-state index contributed by atoms with van der Waals surface area (Å²) in [7, 11) is 0. The summed E-state index contributed by atoms with van der Waals surface area (Å²) >= 11 is 0. The van der Waals surface area contributed by atoms with Gasteiger partial charge in [-0.3, -0.25) is 10.00 Å². The third kappa shape index (κ3) is 3.43. The van der Waals surface area contributed by atoms with Crippen LogP contribution in [0.3, 0.4) is 0 Å². The third-order valence-corrected chi connectivity index (χ3v) is 5.41. The summed E-state index contributed by atoms with van der Waals surface area (Å²) in [5.41, 5.74) is 4.99. The number of aromatic amines is 1. The standard InChI is InChI=1S/C22H25N3O/c1-17-6-5-9-20(14-17)22(26)10-12-25(13-11-22)16-19-15-23-24-21(19)18-7-3-2-4-8-18/h2-9,14-15,26H,10-13,16H2,1H3,(H,23,24). The molecule has 1 aliphatic rings. The molecule has 0 unspecified atom stereocenters. The SMILES string of the molecule is Cc1cccc(C2(O)CCN(Cc3cn[nH]c3-c3ccccc3)CC2)c1. The normalized spacial score (nSPS) is 17.3. The molecule has 0 saturated carbocycles. The second-order valence-corrected chi connectivity index (χ2v) is 7.31. The Morgan fingerprint density at radius 1 is 1.08 bits per heavy atom. The lowest BCUT2D eigenvalue weighted by atomic mass is 9.84. The van der Waals surface area contributed by atoms with Crippen LogP contribution in [0.15, 0.2) is 60.8 Å². The highest BCUT2D eigenvalue weighted by atomic mass is 16.3. The van der Waals surface area contributed by atoms with Crippen LogP contribution in [0.2, 0.25) is 0 Å². The number of aryl methyl sites for hydroxylation is 1. The van der Waals surface area contributed by atoms with Crippen molar-refractivity contribution in [1.82, 2.24) is 15.1 Å².